The van der Waals surface area contributed by atoms with Crippen molar-refractivity contribution in [1.82, 2.24) is 0 Å². The van der Waals surface area contributed by atoms with E-state index < -0.39 is 7.26 Å². The molecule has 27 heavy (non-hydrogen) atoms. The molecule has 0 N–H and O–H groups in total. The molecular weight excluding hydrogens is 410 g/mol. The third kappa shape index (κ3) is 3.92. The summed E-state index contributed by atoms with van der Waals surface area (Å²) in [5.41, 5.74) is 0. The van der Waals surface area contributed by atoms with Crippen LogP contribution in [0.4, 0.5) is 0 Å². The molecule has 0 fully saturated rings. The molecule has 0 unspecified atom stereocenters. The predicted octanol–water partition coefficient (Wildman–Crippen LogP) is 3.97. The van der Waals surface area contributed by atoms with Gasteiger partial charge in [0.2, 0.25) is 0 Å². The molecule has 0 aliphatic rings. The minimum atomic E-state index is -1.69. The van der Waals surface area contributed by atoms with E-state index in [1.165, 1.54) is 25.4 Å². The summed E-state index contributed by atoms with van der Waals surface area (Å²) in [6, 6.07) is 44.4. The first-order chi connectivity index (χ1) is 13.4. The Morgan fingerprint density at radius 2 is 0.778 bits per heavy atom. The molecule has 0 aliphatic carbocycles. The fourth-order valence-corrected chi connectivity index (χ4v) is 12.8. The molecule has 0 heterocycles. The van der Waals surface area contributed by atoms with Crippen molar-refractivity contribution >= 4 is 42.6 Å². The van der Waals surface area contributed by atoms with Crippen LogP contribution in [0.5, 0.6) is 0 Å². The maximum absolute atomic E-state index is 2.33. The SMILES string of the molecule is c1ccc([Se]C[P+](c2ccccc2)(c2ccccc2)c2ccccc2)cc1. The topological polar surface area (TPSA) is 0 Å². The van der Waals surface area contributed by atoms with Gasteiger partial charge in [0.15, 0.2) is 0 Å². The van der Waals surface area contributed by atoms with Crippen molar-refractivity contribution in [2.75, 3.05) is 5.06 Å². The fourth-order valence-electron chi connectivity index (χ4n) is 3.41. The number of hydrogen-bond acceptors (Lipinski definition) is 0. The van der Waals surface area contributed by atoms with Crippen LogP contribution in [0.1, 0.15) is 0 Å². The Morgan fingerprint density at radius 3 is 1.15 bits per heavy atom. The van der Waals surface area contributed by atoms with E-state index >= 15 is 0 Å². The quantitative estimate of drug-likeness (QED) is 0.320. The normalized spacial score (nSPS) is 11.3. The summed E-state index contributed by atoms with van der Waals surface area (Å²) in [7, 11) is -1.69. The third-order valence-corrected chi connectivity index (χ3v) is 13.3. The number of rotatable bonds is 6. The summed E-state index contributed by atoms with van der Waals surface area (Å²) < 4.78 is 1.47. The molecule has 2 heteroatoms. The summed E-state index contributed by atoms with van der Waals surface area (Å²) in [5.74, 6) is 0. The van der Waals surface area contributed by atoms with E-state index in [2.05, 4.69) is 121 Å². The first-order valence-corrected chi connectivity index (χ1v) is 13.2. The van der Waals surface area contributed by atoms with Crippen molar-refractivity contribution in [2.24, 2.45) is 0 Å². The molecule has 0 amide bonds. The Kier molecular flexibility index (Phi) is 5.85. The molecule has 4 aromatic rings. The van der Waals surface area contributed by atoms with Gasteiger partial charge in [0, 0.05) is 0 Å². The van der Waals surface area contributed by atoms with Crippen LogP contribution in [0.15, 0.2) is 121 Å². The van der Waals surface area contributed by atoms with Gasteiger partial charge < -0.3 is 0 Å². The van der Waals surface area contributed by atoms with Gasteiger partial charge in [0.25, 0.3) is 0 Å². The first kappa shape index (κ1) is 18.2. The number of hydrogen-bond donors (Lipinski definition) is 0. The maximum atomic E-state index is 2.33. The van der Waals surface area contributed by atoms with Crippen LogP contribution in [0, 0.1) is 0 Å². The van der Waals surface area contributed by atoms with Crippen molar-refractivity contribution in [2.45, 2.75) is 0 Å². The van der Waals surface area contributed by atoms with Gasteiger partial charge in [-0.3, -0.25) is 0 Å². The molecule has 0 aliphatic heterocycles. The Hall–Kier alpha value is -2.17. The molecule has 0 atom stereocenters. The Labute approximate surface area is 168 Å². The van der Waals surface area contributed by atoms with E-state index in [-0.39, 0.29) is 0 Å². The first-order valence-electron chi connectivity index (χ1n) is 9.12. The van der Waals surface area contributed by atoms with Crippen molar-refractivity contribution < 1.29 is 0 Å². The van der Waals surface area contributed by atoms with Gasteiger partial charge in [-0.1, -0.05) is 0 Å². The van der Waals surface area contributed by atoms with Crippen LogP contribution in [-0.2, 0) is 0 Å². The Bertz CT molecular complexity index is 857. The molecule has 0 saturated heterocycles. The van der Waals surface area contributed by atoms with Crippen LogP contribution >= 0.6 is 7.26 Å². The van der Waals surface area contributed by atoms with Crippen LogP contribution in [0.3, 0.4) is 0 Å². The summed E-state index contributed by atoms with van der Waals surface area (Å²) >= 11 is 0.413. The van der Waals surface area contributed by atoms with Crippen molar-refractivity contribution in [3.05, 3.63) is 121 Å². The average Bonchev–Trinajstić information content (AvgIpc) is 2.77. The predicted molar refractivity (Wildman–Crippen MR) is 122 cm³/mol. The van der Waals surface area contributed by atoms with E-state index in [1.54, 1.807) is 0 Å². The number of benzene rings is 4. The van der Waals surface area contributed by atoms with Gasteiger partial charge in [-0.15, -0.1) is 0 Å². The molecule has 0 bridgehead atoms. The molecule has 4 rings (SSSR count). The van der Waals surface area contributed by atoms with Gasteiger partial charge in [-0.25, -0.2) is 0 Å². The van der Waals surface area contributed by atoms with Crippen molar-refractivity contribution in [3.8, 4) is 0 Å². The zero-order chi connectivity index (χ0) is 18.4. The minimum absolute atomic E-state index is 0.413. The molecule has 0 saturated carbocycles. The van der Waals surface area contributed by atoms with Gasteiger partial charge in [0.1, 0.15) is 0 Å². The molecule has 0 nitrogen and oxygen atoms in total. The summed E-state index contributed by atoms with van der Waals surface area (Å²) in [5, 5.41) is 5.61. The fraction of sp³-hybridized carbons (Fsp3) is 0.0400. The Balaban J connectivity index is 1.89. The van der Waals surface area contributed by atoms with Crippen LogP contribution in [0.25, 0.3) is 0 Å². The van der Waals surface area contributed by atoms with Crippen molar-refractivity contribution in [3.63, 3.8) is 0 Å². The van der Waals surface area contributed by atoms with Gasteiger partial charge >= 0.3 is 169 Å². The molecule has 0 spiro atoms. The zero-order valence-corrected chi connectivity index (χ0v) is 17.7. The summed E-state index contributed by atoms with van der Waals surface area (Å²) in [6.07, 6.45) is 0. The molecule has 0 aromatic heterocycles. The monoisotopic (exact) mass is 433 g/mol. The van der Waals surface area contributed by atoms with Crippen molar-refractivity contribution in [1.29, 1.82) is 0 Å². The van der Waals surface area contributed by atoms with E-state index in [1.807, 2.05) is 0 Å². The summed E-state index contributed by atoms with van der Waals surface area (Å²) in [6.45, 7) is 0. The molecule has 0 radical (unpaired) electrons. The second-order valence-corrected chi connectivity index (χ2v) is 13.0. The van der Waals surface area contributed by atoms with Gasteiger partial charge in [0.05, 0.1) is 0 Å². The van der Waals surface area contributed by atoms with E-state index in [9.17, 15) is 0 Å². The molecule has 4 aromatic carbocycles. The molecule has 132 valence electrons. The van der Waals surface area contributed by atoms with Crippen LogP contribution < -0.4 is 20.4 Å². The van der Waals surface area contributed by atoms with Crippen LogP contribution in [0.2, 0.25) is 0 Å². The molecular formula is C25H22PSe+. The third-order valence-electron chi connectivity index (χ3n) is 4.76. The summed E-state index contributed by atoms with van der Waals surface area (Å²) in [4.78, 5) is 0. The second-order valence-electron chi connectivity index (χ2n) is 6.40. The Morgan fingerprint density at radius 1 is 0.444 bits per heavy atom. The zero-order valence-electron chi connectivity index (χ0n) is 15.1. The van der Waals surface area contributed by atoms with E-state index in [0.717, 1.165) is 0 Å². The average molecular weight is 432 g/mol. The van der Waals surface area contributed by atoms with Crippen LogP contribution in [-0.4, -0.2) is 20.0 Å². The second kappa shape index (κ2) is 8.68. The van der Waals surface area contributed by atoms with E-state index in [4.69, 9.17) is 0 Å². The van der Waals surface area contributed by atoms with Gasteiger partial charge in [-0.2, -0.15) is 0 Å². The van der Waals surface area contributed by atoms with E-state index in [0.29, 0.717) is 15.0 Å². The van der Waals surface area contributed by atoms with Gasteiger partial charge in [-0.05, 0) is 0 Å². The standard InChI is InChI=1S/C25H22PSe/c1-5-13-22(14-6-1)26(23-15-7-2-8-16-23,24-17-9-3-10-18-24)21-27-25-19-11-4-12-20-25/h1-20H,21H2/q+1.